The van der Waals surface area contributed by atoms with Crippen molar-refractivity contribution in [2.45, 2.75) is 18.9 Å². The Morgan fingerprint density at radius 1 is 1.38 bits per heavy atom. The van der Waals surface area contributed by atoms with E-state index in [1.807, 2.05) is 36.5 Å². The van der Waals surface area contributed by atoms with Crippen LogP contribution < -0.4 is 5.32 Å². The van der Waals surface area contributed by atoms with Crippen molar-refractivity contribution in [3.63, 3.8) is 0 Å². The Morgan fingerprint density at radius 3 is 2.92 bits per heavy atom. The monoisotopic (exact) mass is 344 g/mol. The average molecular weight is 345 g/mol. The highest BCUT2D eigenvalue weighted by molar-refractivity contribution is 6.25. The molecule has 1 fully saturated rings. The minimum atomic E-state index is -0.0338. The molecular weight excluding hydrogens is 324 g/mol. The number of halogens is 1. The minimum absolute atomic E-state index is 0.0338. The molecule has 126 valence electrons. The highest BCUT2D eigenvalue weighted by Crippen LogP contribution is 2.19. The van der Waals surface area contributed by atoms with Crippen molar-refractivity contribution < 1.29 is 4.79 Å². The number of aromatic nitrogens is 2. The molecule has 0 aliphatic carbocycles. The van der Waals surface area contributed by atoms with Gasteiger partial charge in [-0.05, 0) is 37.1 Å². The van der Waals surface area contributed by atoms with Gasteiger partial charge in [0.2, 0.25) is 0 Å². The summed E-state index contributed by atoms with van der Waals surface area (Å²) in [5.74, 6) is -0.0338. The Morgan fingerprint density at radius 2 is 2.21 bits per heavy atom. The summed E-state index contributed by atoms with van der Waals surface area (Å²) < 4.78 is 0. The van der Waals surface area contributed by atoms with Gasteiger partial charge in [-0.3, -0.25) is 14.8 Å². The van der Waals surface area contributed by atoms with Crippen LogP contribution >= 0.6 is 11.6 Å². The van der Waals surface area contributed by atoms with E-state index in [1.54, 1.807) is 11.7 Å². The van der Waals surface area contributed by atoms with Crippen molar-refractivity contribution in [2.24, 2.45) is 0 Å². The summed E-state index contributed by atoms with van der Waals surface area (Å²) in [6, 6.07) is 7.95. The molecule has 6 heteroatoms. The third-order valence-electron chi connectivity index (χ3n) is 4.40. The lowest BCUT2D eigenvalue weighted by Gasteiger charge is -2.23. The first kappa shape index (κ1) is 16.7. The SMILES string of the molecule is O=C(NCC1CCCN1C/C=C/Cl)c1ccc(-c2cn[nH]c2)cc1. The van der Waals surface area contributed by atoms with Crippen LogP contribution in [0.2, 0.25) is 0 Å². The third kappa shape index (κ3) is 4.04. The summed E-state index contributed by atoms with van der Waals surface area (Å²) >= 11 is 5.60. The highest BCUT2D eigenvalue weighted by atomic mass is 35.5. The number of nitrogens with zero attached hydrogens (tertiary/aromatic N) is 2. The van der Waals surface area contributed by atoms with Gasteiger partial charge < -0.3 is 5.32 Å². The Labute approximate surface area is 146 Å². The van der Waals surface area contributed by atoms with Crippen LogP contribution in [0.4, 0.5) is 0 Å². The maximum Gasteiger partial charge on any atom is 0.251 e. The van der Waals surface area contributed by atoms with Crippen molar-refractivity contribution >= 4 is 17.5 Å². The predicted molar refractivity (Wildman–Crippen MR) is 95.9 cm³/mol. The van der Waals surface area contributed by atoms with Crippen molar-refractivity contribution in [3.8, 4) is 11.1 Å². The number of benzene rings is 1. The summed E-state index contributed by atoms with van der Waals surface area (Å²) in [7, 11) is 0. The van der Waals surface area contributed by atoms with Crippen LogP contribution in [0.3, 0.4) is 0 Å². The molecule has 2 aromatic rings. The molecule has 3 rings (SSSR count). The number of nitrogens with one attached hydrogen (secondary N) is 2. The van der Waals surface area contributed by atoms with Gasteiger partial charge in [-0.25, -0.2) is 0 Å². The summed E-state index contributed by atoms with van der Waals surface area (Å²) in [5.41, 5.74) is 4.27. The molecule has 1 amide bonds. The van der Waals surface area contributed by atoms with Gasteiger partial charge in [-0.15, -0.1) is 0 Å². The van der Waals surface area contributed by atoms with E-state index < -0.39 is 0 Å². The molecule has 2 N–H and O–H groups in total. The van der Waals surface area contributed by atoms with Crippen LogP contribution in [0.25, 0.3) is 11.1 Å². The topological polar surface area (TPSA) is 61.0 Å². The Hall–Kier alpha value is -2.11. The number of hydrogen-bond donors (Lipinski definition) is 2. The van der Waals surface area contributed by atoms with E-state index >= 15 is 0 Å². The molecule has 24 heavy (non-hydrogen) atoms. The second-order valence-electron chi connectivity index (χ2n) is 5.93. The zero-order valence-corrected chi connectivity index (χ0v) is 14.2. The maximum atomic E-state index is 12.3. The van der Waals surface area contributed by atoms with Crippen LogP contribution in [0.5, 0.6) is 0 Å². The van der Waals surface area contributed by atoms with E-state index in [1.165, 1.54) is 0 Å². The fourth-order valence-electron chi connectivity index (χ4n) is 3.08. The predicted octanol–water partition coefficient (Wildman–Crippen LogP) is 3.02. The number of rotatable bonds is 6. The van der Waals surface area contributed by atoms with E-state index in [0.29, 0.717) is 18.2 Å². The first-order valence-corrected chi connectivity index (χ1v) is 8.58. The standard InChI is InChI=1S/C18H21ClN4O/c19-8-2-10-23-9-1-3-17(23)13-20-18(24)15-6-4-14(5-7-15)16-11-21-22-12-16/h2,4-8,11-12,17H,1,3,9-10,13H2,(H,20,24)(H,21,22)/b8-2+. The van der Waals surface area contributed by atoms with Crippen molar-refractivity contribution in [2.75, 3.05) is 19.6 Å². The lowest BCUT2D eigenvalue weighted by molar-refractivity contribution is 0.0942. The number of carbonyl (C=O) groups excluding carboxylic acids is 1. The van der Waals surface area contributed by atoms with Gasteiger partial charge in [0, 0.05) is 42.0 Å². The molecule has 1 aromatic carbocycles. The first-order valence-electron chi connectivity index (χ1n) is 8.14. The molecule has 0 radical (unpaired) electrons. The van der Waals surface area contributed by atoms with E-state index in [9.17, 15) is 4.79 Å². The molecule has 5 nitrogen and oxygen atoms in total. The molecule has 2 heterocycles. The van der Waals surface area contributed by atoms with Crippen molar-refractivity contribution in [1.82, 2.24) is 20.4 Å². The Balaban J connectivity index is 1.55. The van der Waals surface area contributed by atoms with Crippen LogP contribution in [-0.4, -0.2) is 46.7 Å². The van der Waals surface area contributed by atoms with Gasteiger partial charge in [0.25, 0.3) is 5.91 Å². The number of amides is 1. The van der Waals surface area contributed by atoms with E-state index in [4.69, 9.17) is 11.6 Å². The Kier molecular flexibility index (Phi) is 5.67. The second kappa shape index (κ2) is 8.13. The number of aromatic amines is 1. The summed E-state index contributed by atoms with van der Waals surface area (Å²) in [5, 5.41) is 9.77. The van der Waals surface area contributed by atoms with Gasteiger partial charge in [0.05, 0.1) is 6.20 Å². The average Bonchev–Trinajstić information content (AvgIpc) is 3.29. The van der Waals surface area contributed by atoms with Crippen molar-refractivity contribution in [1.29, 1.82) is 0 Å². The van der Waals surface area contributed by atoms with Crippen LogP contribution in [0, 0.1) is 0 Å². The lowest BCUT2D eigenvalue weighted by Crippen LogP contribution is -2.40. The molecule has 1 aliphatic heterocycles. The van der Waals surface area contributed by atoms with Gasteiger partial charge in [0.1, 0.15) is 0 Å². The molecule has 1 saturated heterocycles. The fourth-order valence-corrected chi connectivity index (χ4v) is 3.16. The molecule has 1 unspecified atom stereocenters. The number of likely N-dealkylation sites (tertiary alicyclic amines) is 1. The summed E-state index contributed by atoms with van der Waals surface area (Å²) in [4.78, 5) is 14.7. The number of hydrogen-bond acceptors (Lipinski definition) is 3. The van der Waals surface area contributed by atoms with E-state index in [2.05, 4.69) is 20.4 Å². The van der Waals surface area contributed by atoms with Crippen LogP contribution in [-0.2, 0) is 0 Å². The Bertz CT molecular complexity index is 682. The molecule has 1 aliphatic rings. The van der Waals surface area contributed by atoms with Crippen molar-refractivity contribution in [3.05, 3.63) is 53.8 Å². The molecule has 0 saturated carbocycles. The third-order valence-corrected chi connectivity index (χ3v) is 4.58. The number of carbonyl (C=O) groups is 1. The molecule has 0 bridgehead atoms. The largest absolute Gasteiger partial charge is 0.350 e. The highest BCUT2D eigenvalue weighted by Gasteiger charge is 2.23. The molecule has 0 spiro atoms. The molecular formula is C18H21ClN4O. The molecule has 1 atom stereocenters. The zero-order chi connectivity index (χ0) is 16.8. The van der Waals surface area contributed by atoms with Crippen LogP contribution in [0.15, 0.2) is 48.3 Å². The van der Waals surface area contributed by atoms with Gasteiger partial charge in [-0.1, -0.05) is 29.8 Å². The van der Waals surface area contributed by atoms with E-state index in [0.717, 1.165) is 37.1 Å². The first-order chi connectivity index (χ1) is 11.8. The second-order valence-corrected chi connectivity index (χ2v) is 6.18. The zero-order valence-electron chi connectivity index (χ0n) is 13.4. The van der Waals surface area contributed by atoms with E-state index in [-0.39, 0.29) is 5.91 Å². The minimum Gasteiger partial charge on any atom is -0.350 e. The lowest BCUT2D eigenvalue weighted by atomic mass is 10.1. The van der Waals surface area contributed by atoms with Gasteiger partial charge in [0.15, 0.2) is 0 Å². The fraction of sp³-hybridized carbons (Fsp3) is 0.333. The quantitative estimate of drug-likeness (QED) is 0.846. The number of H-pyrrole nitrogens is 1. The van der Waals surface area contributed by atoms with Crippen LogP contribution in [0.1, 0.15) is 23.2 Å². The normalized spacial score (nSPS) is 18.3. The smallest absolute Gasteiger partial charge is 0.251 e. The molecule has 1 aromatic heterocycles. The van der Waals surface area contributed by atoms with Gasteiger partial charge >= 0.3 is 0 Å². The summed E-state index contributed by atoms with van der Waals surface area (Å²) in [6.45, 7) is 2.56. The maximum absolute atomic E-state index is 12.3. The van der Waals surface area contributed by atoms with Gasteiger partial charge in [-0.2, -0.15) is 5.10 Å². The summed E-state index contributed by atoms with van der Waals surface area (Å²) in [6.07, 6.45) is 7.81.